The Morgan fingerprint density at radius 3 is 2.48 bits per heavy atom. The molecule has 1 aliphatic carbocycles. The third kappa shape index (κ3) is 5.10. The fraction of sp³-hybridized carbons (Fsp3) is 0.500. The molecule has 2 amide bonds. The number of carboxylic acids is 1. The second-order valence-electron chi connectivity index (χ2n) is 5.50. The van der Waals surface area contributed by atoms with Gasteiger partial charge in [-0.05, 0) is 49.8 Å². The Kier molecular flexibility index (Phi) is 5.20. The number of urea groups is 1. The van der Waals surface area contributed by atoms with Crippen molar-refractivity contribution >= 4 is 17.7 Å². The highest BCUT2D eigenvalue weighted by Crippen LogP contribution is 2.29. The first-order valence-electron chi connectivity index (χ1n) is 7.45. The standard InChI is InChI=1S/C16H22N2O3/c1-2-18(11-13-3-4-13)16(21)17-14-8-5-12(6-9-14)7-10-15(19)20/h5-6,8-9,13H,2-4,7,10-11H2,1H3,(H,17,21)(H,19,20). The molecule has 5 nitrogen and oxygen atoms in total. The second kappa shape index (κ2) is 7.11. The number of anilines is 1. The third-order valence-corrected chi connectivity index (χ3v) is 3.68. The van der Waals surface area contributed by atoms with Crippen molar-refractivity contribution in [2.24, 2.45) is 5.92 Å². The Hall–Kier alpha value is -2.04. The van der Waals surface area contributed by atoms with Crippen molar-refractivity contribution in [2.75, 3.05) is 18.4 Å². The highest BCUT2D eigenvalue weighted by atomic mass is 16.4. The van der Waals surface area contributed by atoms with Gasteiger partial charge in [-0.15, -0.1) is 0 Å². The van der Waals surface area contributed by atoms with Crippen molar-refractivity contribution in [1.82, 2.24) is 4.90 Å². The molecule has 0 aromatic heterocycles. The van der Waals surface area contributed by atoms with Crippen molar-refractivity contribution in [3.8, 4) is 0 Å². The Morgan fingerprint density at radius 2 is 1.95 bits per heavy atom. The Morgan fingerprint density at radius 1 is 1.29 bits per heavy atom. The first-order chi connectivity index (χ1) is 10.1. The summed E-state index contributed by atoms with van der Waals surface area (Å²) in [6, 6.07) is 7.29. The lowest BCUT2D eigenvalue weighted by Gasteiger charge is -2.21. The van der Waals surface area contributed by atoms with Crippen molar-refractivity contribution in [3.63, 3.8) is 0 Å². The molecule has 1 aliphatic rings. The highest BCUT2D eigenvalue weighted by Gasteiger charge is 2.25. The molecule has 0 heterocycles. The average Bonchev–Trinajstić information content (AvgIpc) is 3.28. The van der Waals surface area contributed by atoms with E-state index in [1.165, 1.54) is 12.8 Å². The monoisotopic (exact) mass is 290 g/mol. The van der Waals surface area contributed by atoms with Crippen LogP contribution in [0.2, 0.25) is 0 Å². The summed E-state index contributed by atoms with van der Waals surface area (Å²) in [5.74, 6) is -0.125. The maximum atomic E-state index is 12.1. The summed E-state index contributed by atoms with van der Waals surface area (Å²) in [5.41, 5.74) is 1.70. The summed E-state index contributed by atoms with van der Waals surface area (Å²) >= 11 is 0. The number of nitrogens with zero attached hydrogens (tertiary/aromatic N) is 1. The van der Waals surface area contributed by atoms with Crippen molar-refractivity contribution in [3.05, 3.63) is 29.8 Å². The van der Waals surface area contributed by atoms with Gasteiger partial charge in [0.05, 0.1) is 0 Å². The maximum absolute atomic E-state index is 12.1. The highest BCUT2D eigenvalue weighted by molar-refractivity contribution is 5.89. The average molecular weight is 290 g/mol. The molecule has 0 bridgehead atoms. The van der Waals surface area contributed by atoms with E-state index in [2.05, 4.69) is 5.32 Å². The molecule has 0 atom stereocenters. The molecule has 2 N–H and O–H groups in total. The van der Waals surface area contributed by atoms with E-state index in [-0.39, 0.29) is 12.5 Å². The summed E-state index contributed by atoms with van der Waals surface area (Å²) in [7, 11) is 0. The molecule has 5 heteroatoms. The molecular formula is C16H22N2O3. The van der Waals surface area contributed by atoms with Gasteiger partial charge in [0, 0.05) is 25.2 Å². The van der Waals surface area contributed by atoms with Crippen LogP contribution in [0.4, 0.5) is 10.5 Å². The first-order valence-corrected chi connectivity index (χ1v) is 7.45. The first kappa shape index (κ1) is 15.4. The van der Waals surface area contributed by atoms with Gasteiger partial charge in [-0.3, -0.25) is 4.79 Å². The van der Waals surface area contributed by atoms with Crippen molar-refractivity contribution in [2.45, 2.75) is 32.6 Å². The smallest absolute Gasteiger partial charge is 0.321 e. The molecule has 0 aliphatic heterocycles. The van der Waals surface area contributed by atoms with Crippen LogP contribution in [0.3, 0.4) is 0 Å². The van der Waals surface area contributed by atoms with Crippen LogP contribution in [0.15, 0.2) is 24.3 Å². The van der Waals surface area contributed by atoms with Gasteiger partial charge in [-0.2, -0.15) is 0 Å². The van der Waals surface area contributed by atoms with Crippen LogP contribution in [-0.2, 0) is 11.2 Å². The fourth-order valence-electron chi connectivity index (χ4n) is 2.18. The summed E-state index contributed by atoms with van der Waals surface area (Å²) < 4.78 is 0. The van der Waals surface area contributed by atoms with Crippen LogP contribution in [-0.4, -0.2) is 35.1 Å². The molecular weight excluding hydrogens is 268 g/mol. The molecule has 2 rings (SSSR count). The fourth-order valence-corrected chi connectivity index (χ4v) is 2.18. The van der Waals surface area contributed by atoms with E-state index in [0.29, 0.717) is 18.9 Å². The van der Waals surface area contributed by atoms with Crippen LogP contribution in [0.25, 0.3) is 0 Å². The van der Waals surface area contributed by atoms with Crippen molar-refractivity contribution < 1.29 is 14.7 Å². The lowest BCUT2D eigenvalue weighted by molar-refractivity contribution is -0.136. The second-order valence-corrected chi connectivity index (χ2v) is 5.50. The van der Waals surface area contributed by atoms with E-state index in [0.717, 1.165) is 17.8 Å². The quantitative estimate of drug-likeness (QED) is 0.811. The van der Waals surface area contributed by atoms with E-state index < -0.39 is 5.97 Å². The number of benzene rings is 1. The normalized spacial score (nSPS) is 13.8. The number of aryl methyl sites for hydroxylation is 1. The van der Waals surface area contributed by atoms with Gasteiger partial charge in [0.25, 0.3) is 0 Å². The van der Waals surface area contributed by atoms with Crippen LogP contribution in [0, 0.1) is 5.92 Å². The largest absolute Gasteiger partial charge is 0.481 e. The molecule has 21 heavy (non-hydrogen) atoms. The van der Waals surface area contributed by atoms with E-state index in [9.17, 15) is 9.59 Å². The minimum Gasteiger partial charge on any atom is -0.481 e. The van der Waals surface area contributed by atoms with Gasteiger partial charge in [0.1, 0.15) is 0 Å². The minimum atomic E-state index is -0.800. The Bertz CT molecular complexity index is 495. The molecule has 1 aromatic rings. The van der Waals surface area contributed by atoms with E-state index in [4.69, 9.17) is 5.11 Å². The third-order valence-electron chi connectivity index (χ3n) is 3.68. The van der Waals surface area contributed by atoms with Crippen LogP contribution < -0.4 is 5.32 Å². The molecule has 0 spiro atoms. The van der Waals surface area contributed by atoms with Gasteiger partial charge in [0.15, 0.2) is 0 Å². The molecule has 0 saturated heterocycles. The molecule has 0 radical (unpaired) electrons. The summed E-state index contributed by atoms with van der Waals surface area (Å²) in [6.07, 6.45) is 3.08. The summed E-state index contributed by atoms with van der Waals surface area (Å²) in [6.45, 7) is 3.52. The van der Waals surface area contributed by atoms with Gasteiger partial charge in [-0.25, -0.2) is 4.79 Å². The molecule has 0 unspecified atom stereocenters. The number of carboxylic acid groups (broad SMARTS) is 1. The zero-order chi connectivity index (χ0) is 15.2. The van der Waals surface area contributed by atoms with E-state index >= 15 is 0 Å². The predicted octanol–water partition coefficient (Wildman–Crippen LogP) is 2.97. The zero-order valence-electron chi connectivity index (χ0n) is 12.3. The SMILES string of the molecule is CCN(CC1CC1)C(=O)Nc1ccc(CCC(=O)O)cc1. The van der Waals surface area contributed by atoms with Gasteiger partial charge in [-0.1, -0.05) is 12.1 Å². The number of carbonyl (C=O) groups is 2. The lowest BCUT2D eigenvalue weighted by atomic mass is 10.1. The van der Waals surface area contributed by atoms with Gasteiger partial charge < -0.3 is 15.3 Å². The van der Waals surface area contributed by atoms with E-state index in [1.807, 2.05) is 36.1 Å². The maximum Gasteiger partial charge on any atom is 0.321 e. The molecule has 1 fully saturated rings. The summed E-state index contributed by atoms with van der Waals surface area (Å²) in [5, 5.41) is 11.5. The number of rotatable bonds is 7. The number of aliphatic carboxylic acids is 1. The molecule has 1 saturated carbocycles. The molecule has 114 valence electrons. The number of hydrogen-bond donors (Lipinski definition) is 2. The number of amides is 2. The lowest BCUT2D eigenvalue weighted by Crippen LogP contribution is -2.36. The Balaban J connectivity index is 1.86. The number of hydrogen-bond acceptors (Lipinski definition) is 2. The zero-order valence-corrected chi connectivity index (χ0v) is 12.3. The molecule has 1 aromatic carbocycles. The van der Waals surface area contributed by atoms with Gasteiger partial charge in [0.2, 0.25) is 0 Å². The topological polar surface area (TPSA) is 69.6 Å². The predicted molar refractivity (Wildman–Crippen MR) is 81.4 cm³/mol. The number of nitrogens with one attached hydrogen (secondary N) is 1. The summed E-state index contributed by atoms with van der Waals surface area (Å²) in [4.78, 5) is 24.5. The van der Waals surface area contributed by atoms with Gasteiger partial charge >= 0.3 is 12.0 Å². The Labute approximate surface area is 125 Å². The van der Waals surface area contributed by atoms with Crippen LogP contribution in [0.1, 0.15) is 31.7 Å². The number of carbonyl (C=O) groups excluding carboxylic acids is 1. The minimum absolute atomic E-state index is 0.0670. The van der Waals surface area contributed by atoms with Crippen molar-refractivity contribution in [1.29, 1.82) is 0 Å². The van der Waals surface area contributed by atoms with Crippen LogP contribution in [0.5, 0.6) is 0 Å². The van der Waals surface area contributed by atoms with Crippen LogP contribution >= 0.6 is 0 Å². The van der Waals surface area contributed by atoms with E-state index in [1.54, 1.807) is 0 Å².